The van der Waals surface area contributed by atoms with E-state index in [1.807, 2.05) is 0 Å². The lowest BCUT2D eigenvalue weighted by atomic mass is 10.1. The second-order valence-corrected chi connectivity index (χ2v) is 8.80. The number of pyridine rings is 1. The summed E-state index contributed by atoms with van der Waals surface area (Å²) in [5.74, 6) is -1.19. The first-order valence-corrected chi connectivity index (χ1v) is 11.0. The highest BCUT2D eigenvalue weighted by molar-refractivity contribution is 6.31. The molecule has 0 saturated carbocycles. The number of carbonyl (C=O) groups excluding carboxylic acids is 1. The molecule has 0 radical (unpaired) electrons. The second kappa shape index (κ2) is 9.03. The Hall–Kier alpha value is -3.33. The molecular weight excluding hydrogens is 486 g/mol. The molecule has 0 fully saturated rings. The minimum Gasteiger partial charge on any atom is -0.494 e. The van der Waals surface area contributed by atoms with Gasteiger partial charge in [0.25, 0.3) is 0 Å². The van der Waals surface area contributed by atoms with Crippen LogP contribution in [-0.4, -0.2) is 31.1 Å². The highest BCUT2D eigenvalue weighted by Crippen LogP contribution is 2.43. The number of aromatic nitrogens is 1. The summed E-state index contributed by atoms with van der Waals surface area (Å²) in [7, 11) is 2.86. The number of amides is 1. The Balaban J connectivity index is 1.84. The molecule has 1 amide bonds. The number of anilines is 3. The Kier molecular flexibility index (Phi) is 6.40. The summed E-state index contributed by atoms with van der Waals surface area (Å²) in [6, 6.07) is 8.55. The lowest BCUT2D eigenvalue weighted by Crippen LogP contribution is -2.44. The Morgan fingerprint density at radius 1 is 1.17 bits per heavy atom. The maximum atomic E-state index is 14.5. The third-order valence-corrected chi connectivity index (χ3v) is 6.42. The van der Waals surface area contributed by atoms with Gasteiger partial charge in [-0.15, -0.1) is 0 Å². The van der Waals surface area contributed by atoms with Crippen molar-refractivity contribution in [1.82, 2.24) is 4.98 Å². The highest BCUT2D eigenvalue weighted by atomic mass is 35.5. The van der Waals surface area contributed by atoms with Gasteiger partial charge in [-0.05, 0) is 61.4 Å². The first kappa shape index (κ1) is 24.8. The van der Waals surface area contributed by atoms with E-state index < -0.39 is 29.5 Å². The van der Waals surface area contributed by atoms with Gasteiger partial charge < -0.3 is 14.5 Å². The largest absolute Gasteiger partial charge is 0.494 e. The van der Waals surface area contributed by atoms with Crippen LogP contribution in [-0.2, 0) is 17.4 Å². The van der Waals surface area contributed by atoms with Crippen LogP contribution in [0.25, 0.3) is 0 Å². The van der Waals surface area contributed by atoms with Crippen LogP contribution in [0.15, 0.2) is 42.5 Å². The van der Waals surface area contributed by atoms with Crippen molar-refractivity contribution >= 4 is 34.7 Å². The van der Waals surface area contributed by atoms with Crippen LogP contribution in [0.3, 0.4) is 0 Å². The van der Waals surface area contributed by atoms with Gasteiger partial charge >= 0.3 is 6.18 Å². The topological polar surface area (TPSA) is 45.7 Å². The smallest absolute Gasteiger partial charge is 0.416 e. The van der Waals surface area contributed by atoms with Crippen LogP contribution >= 0.6 is 11.6 Å². The van der Waals surface area contributed by atoms with Crippen molar-refractivity contribution in [1.29, 1.82) is 0 Å². The van der Waals surface area contributed by atoms with E-state index in [4.69, 9.17) is 16.3 Å². The van der Waals surface area contributed by atoms with E-state index in [0.717, 1.165) is 17.7 Å². The SMILES string of the molecule is COc1cc2c(cc1F)CC(C(=O)N(C)c1ccc(Cl)c(C)c1)N2c1cc(C(F)(F)F)cc(C)n1. The number of fused-ring (bicyclic) bond motifs is 1. The number of carbonyl (C=O) groups is 1. The number of nitrogens with zero attached hydrogens (tertiary/aromatic N) is 3. The first-order chi connectivity index (χ1) is 16.4. The minimum atomic E-state index is -4.61. The number of likely N-dealkylation sites (N-methyl/N-ethyl adjacent to an activating group) is 1. The third kappa shape index (κ3) is 4.65. The summed E-state index contributed by atoms with van der Waals surface area (Å²) < 4.78 is 60.3. The molecule has 5 nitrogen and oxygen atoms in total. The van der Waals surface area contributed by atoms with Crippen LogP contribution < -0.4 is 14.5 Å². The van der Waals surface area contributed by atoms with Crippen LogP contribution in [0.5, 0.6) is 5.75 Å². The normalized spacial score (nSPS) is 15.2. The average molecular weight is 508 g/mol. The zero-order valence-corrected chi connectivity index (χ0v) is 20.1. The molecule has 4 rings (SSSR count). The van der Waals surface area contributed by atoms with Crippen LogP contribution in [0.1, 0.15) is 22.4 Å². The summed E-state index contributed by atoms with van der Waals surface area (Å²) >= 11 is 6.11. The van der Waals surface area contributed by atoms with Gasteiger partial charge in [0.15, 0.2) is 11.6 Å². The predicted octanol–water partition coefficient (Wildman–Crippen LogP) is 6.24. The summed E-state index contributed by atoms with van der Waals surface area (Å²) in [5.41, 5.74) is 1.37. The predicted molar refractivity (Wildman–Crippen MR) is 126 cm³/mol. The second-order valence-electron chi connectivity index (χ2n) is 8.39. The van der Waals surface area contributed by atoms with Gasteiger partial charge in [0, 0.05) is 35.9 Å². The fourth-order valence-corrected chi connectivity index (χ4v) is 4.32. The molecule has 0 saturated heterocycles. The van der Waals surface area contributed by atoms with Gasteiger partial charge in [-0.2, -0.15) is 13.2 Å². The molecular formula is C25H22ClF4N3O2. The fourth-order valence-electron chi connectivity index (χ4n) is 4.20. The summed E-state index contributed by atoms with van der Waals surface area (Å²) in [6.45, 7) is 3.24. The van der Waals surface area contributed by atoms with Crippen molar-refractivity contribution in [3.63, 3.8) is 0 Å². The quantitative estimate of drug-likeness (QED) is 0.392. The molecule has 184 valence electrons. The van der Waals surface area contributed by atoms with Crippen LogP contribution in [0.2, 0.25) is 5.02 Å². The van der Waals surface area contributed by atoms with Crippen LogP contribution in [0.4, 0.5) is 34.8 Å². The highest BCUT2D eigenvalue weighted by Gasteiger charge is 2.40. The van der Waals surface area contributed by atoms with E-state index in [2.05, 4.69) is 4.98 Å². The summed E-state index contributed by atoms with van der Waals surface area (Å²) in [5, 5.41) is 0.538. The molecule has 0 spiro atoms. The van der Waals surface area contributed by atoms with Crippen LogP contribution in [0, 0.1) is 19.7 Å². The lowest BCUT2D eigenvalue weighted by Gasteiger charge is -2.30. The zero-order valence-electron chi connectivity index (χ0n) is 19.4. The number of rotatable bonds is 4. The monoisotopic (exact) mass is 507 g/mol. The van der Waals surface area contributed by atoms with Crippen molar-refractivity contribution in [2.75, 3.05) is 24.0 Å². The molecule has 1 unspecified atom stereocenters. The zero-order chi connectivity index (χ0) is 25.7. The number of hydrogen-bond acceptors (Lipinski definition) is 4. The van der Waals surface area contributed by atoms with Gasteiger partial charge in [-0.1, -0.05) is 11.6 Å². The van der Waals surface area contributed by atoms with Gasteiger partial charge in [-0.25, -0.2) is 9.37 Å². The Morgan fingerprint density at radius 2 is 1.89 bits per heavy atom. The maximum Gasteiger partial charge on any atom is 0.416 e. The number of aryl methyl sites for hydroxylation is 2. The van der Waals surface area contributed by atoms with Crippen molar-refractivity contribution in [3.8, 4) is 5.75 Å². The molecule has 2 heterocycles. The van der Waals surface area contributed by atoms with E-state index in [0.29, 0.717) is 22.0 Å². The van der Waals surface area contributed by atoms with Gasteiger partial charge in [0.05, 0.1) is 18.4 Å². The van der Waals surface area contributed by atoms with E-state index in [1.165, 1.54) is 36.0 Å². The molecule has 1 aliphatic rings. The number of benzene rings is 2. The minimum absolute atomic E-state index is 0.0660. The molecule has 0 aliphatic carbocycles. The molecule has 1 aliphatic heterocycles. The molecule has 1 atom stereocenters. The molecule has 35 heavy (non-hydrogen) atoms. The standard InChI is InChI=1S/C25H22ClF4N3O2/c1-13-7-17(5-6-18(13)26)32(3)24(34)21-10-15-9-19(27)22(35-4)12-20(15)33(21)23-11-16(25(28,29)30)8-14(2)31-23/h5-9,11-12,21H,10H2,1-4H3. The molecule has 2 aromatic carbocycles. The molecule has 0 bridgehead atoms. The van der Waals surface area contributed by atoms with E-state index in [1.54, 1.807) is 32.2 Å². The van der Waals surface area contributed by atoms with Crippen molar-refractivity contribution < 1.29 is 27.1 Å². The number of halogens is 5. The third-order valence-electron chi connectivity index (χ3n) is 6.00. The Morgan fingerprint density at radius 3 is 2.51 bits per heavy atom. The Bertz CT molecular complexity index is 1310. The van der Waals surface area contributed by atoms with E-state index >= 15 is 0 Å². The molecule has 3 aromatic rings. The lowest BCUT2D eigenvalue weighted by molar-refractivity contribution is -0.137. The molecule has 10 heteroatoms. The van der Waals surface area contributed by atoms with Crippen molar-refractivity contribution in [3.05, 3.63) is 75.7 Å². The van der Waals surface area contributed by atoms with Crippen molar-refractivity contribution in [2.24, 2.45) is 0 Å². The molecule has 1 aromatic heterocycles. The van der Waals surface area contributed by atoms with E-state index in [9.17, 15) is 22.4 Å². The Labute approximate surface area is 204 Å². The van der Waals surface area contributed by atoms with Gasteiger partial charge in [0.2, 0.25) is 5.91 Å². The maximum absolute atomic E-state index is 14.5. The number of ether oxygens (including phenoxy) is 1. The fraction of sp³-hybridized carbons (Fsp3) is 0.280. The first-order valence-electron chi connectivity index (χ1n) is 10.7. The van der Waals surface area contributed by atoms with Crippen molar-refractivity contribution in [2.45, 2.75) is 32.5 Å². The summed E-state index contributed by atoms with van der Waals surface area (Å²) in [4.78, 5) is 20.8. The molecule has 0 N–H and O–H groups in total. The van der Waals surface area contributed by atoms with E-state index in [-0.39, 0.29) is 23.7 Å². The number of hydrogen-bond donors (Lipinski definition) is 0. The summed E-state index contributed by atoms with van der Waals surface area (Å²) in [6.07, 6.45) is -4.54. The van der Waals surface area contributed by atoms with Gasteiger partial charge in [-0.3, -0.25) is 4.79 Å². The van der Waals surface area contributed by atoms with Gasteiger partial charge in [0.1, 0.15) is 11.9 Å². The number of methoxy groups -OCH3 is 1. The number of alkyl halides is 3. The average Bonchev–Trinajstić information content (AvgIpc) is 3.16.